The quantitative estimate of drug-likeness (QED) is 0.856. The highest BCUT2D eigenvalue weighted by atomic mass is 19.1. The zero-order chi connectivity index (χ0) is 18.6. The molecule has 0 saturated carbocycles. The lowest BCUT2D eigenvalue weighted by molar-refractivity contribution is -0.0621. The molecule has 0 spiro atoms. The summed E-state index contributed by atoms with van der Waals surface area (Å²) in [6, 6.07) is 15.6. The summed E-state index contributed by atoms with van der Waals surface area (Å²) in [5.74, 6) is -0.335. The maximum atomic E-state index is 13.3. The number of halogens is 1. The third-order valence-electron chi connectivity index (χ3n) is 4.82. The number of hydrogen-bond acceptors (Lipinski definition) is 4. The average molecular weight is 358 g/mol. The molecule has 1 atom stereocenters. The number of carbonyl (C=O) groups excluding carboxylic acids is 1. The topological polar surface area (TPSA) is 53.0 Å². The van der Waals surface area contributed by atoms with E-state index in [9.17, 15) is 14.3 Å². The number of ether oxygens (including phenoxy) is 1. The van der Waals surface area contributed by atoms with Crippen molar-refractivity contribution >= 4 is 11.8 Å². The molecule has 1 heterocycles. The molecule has 1 aliphatic heterocycles. The lowest BCUT2D eigenvalue weighted by atomic mass is 9.85. The fourth-order valence-electron chi connectivity index (χ4n) is 3.35. The van der Waals surface area contributed by atoms with E-state index in [-0.39, 0.29) is 12.4 Å². The molecule has 1 unspecified atom stereocenters. The molecule has 0 aliphatic carbocycles. The van der Waals surface area contributed by atoms with Gasteiger partial charge in [0.25, 0.3) is 0 Å². The summed E-state index contributed by atoms with van der Waals surface area (Å²) in [5, 5.41) is 12.6. The molecule has 2 aromatic carbocycles. The summed E-state index contributed by atoms with van der Waals surface area (Å²) in [7, 11) is 1.81. The van der Waals surface area contributed by atoms with E-state index >= 15 is 0 Å². The fourth-order valence-corrected chi connectivity index (χ4v) is 3.35. The van der Waals surface area contributed by atoms with Crippen molar-refractivity contribution in [2.45, 2.75) is 24.9 Å². The molecule has 1 aliphatic rings. The van der Waals surface area contributed by atoms with E-state index in [0.29, 0.717) is 25.8 Å². The van der Waals surface area contributed by atoms with Gasteiger partial charge in [-0.25, -0.2) is 14.2 Å². The van der Waals surface area contributed by atoms with Gasteiger partial charge in [0, 0.05) is 20.1 Å². The number of aliphatic hydroxyl groups excluding tert-OH is 1. The van der Waals surface area contributed by atoms with Gasteiger partial charge in [0.1, 0.15) is 11.4 Å². The number of amides is 1. The van der Waals surface area contributed by atoms with Gasteiger partial charge < -0.3 is 9.84 Å². The minimum absolute atomic E-state index is 0.00806. The summed E-state index contributed by atoms with van der Waals surface area (Å²) in [6.07, 6.45) is 1.09. The highest BCUT2D eigenvalue weighted by Gasteiger charge is 2.43. The number of hydrazine groups is 1. The molecule has 1 N–H and O–H groups in total. The number of carbonyl (C=O) groups is 1. The minimum Gasteiger partial charge on any atom is -0.437 e. The SMILES string of the molecule is CN(c1ccccc1)N1CCC(CCCO)(c2ccc(F)cc2)OC1=O. The molecular weight excluding hydrogens is 335 g/mol. The number of cyclic esters (lactones) is 1. The van der Waals surface area contributed by atoms with Gasteiger partial charge in [0.05, 0.1) is 12.2 Å². The van der Waals surface area contributed by atoms with Gasteiger partial charge in [-0.05, 0) is 42.7 Å². The number of benzene rings is 2. The van der Waals surface area contributed by atoms with Crippen molar-refractivity contribution in [2.24, 2.45) is 0 Å². The van der Waals surface area contributed by atoms with Gasteiger partial charge in [-0.2, -0.15) is 0 Å². The van der Waals surface area contributed by atoms with E-state index in [1.165, 1.54) is 12.1 Å². The number of nitrogens with zero attached hydrogens (tertiary/aromatic N) is 2. The van der Waals surface area contributed by atoms with E-state index in [1.807, 2.05) is 37.4 Å². The Bertz CT molecular complexity index is 738. The average Bonchev–Trinajstić information content (AvgIpc) is 2.67. The predicted octanol–water partition coefficient (Wildman–Crippen LogP) is 3.69. The van der Waals surface area contributed by atoms with Crippen LogP contribution < -0.4 is 5.01 Å². The minimum atomic E-state index is -0.846. The number of hydrogen-bond donors (Lipinski definition) is 1. The van der Waals surface area contributed by atoms with Crippen LogP contribution in [0.2, 0.25) is 0 Å². The smallest absolute Gasteiger partial charge is 0.429 e. The molecule has 26 heavy (non-hydrogen) atoms. The summed E-state index contributed by atoms with van der Waals surface area (Å²) >= 11 is 0. The Hall–Kier alpha value is -2.60. The zero-order valence-electron chi connectivity index (χ0n) is 14.8. The first-order chi connectivity index (χ1) is 12.6. The van der Waals surface area contributed by atoms with Crippen LogP contribution in [-0.4, -0.2) is 36.4 Å². The molecule has 0 aromatic heterocycles. The summed E-state index contributed by atoms with van der Waals surface area (Å²) in [4.78, 5) is 12.8. The Morgan fingerprint density at radius 2 is 1.88 bits per heavy atom. The molecule has 1 fully saturated rings. The predicted molar refractivity (Wildman–Crippen MR) is 97.0 cm³/mol. The Balaban J connectivity index is 1.82. The first-order valence-electron chi connectivity index (χ1n) is 8.72. The fraction of sp³-hybridized carbons (Fsp3) is 0.350. The van der Waals surface area contributed by atoms with Crippen molar-refractivity contribution in [3.05, 3.63) is 66.0 Å². The van der Waals surface area contributed by atoms with Gasteiger partial charge in [-0.15, -0.1) is 0 Å². The zero-order valence-corrected chi connectivity index (χ0v) is 14.8. The highest BCUT2D eigenvalue weighted by Crippen LogP contribution is 2.39. The number of para-hydroxylation sites is 1. The van der Waals surface area contributed by atoms with Gasteiger partial charge >= 0.3 is 6.09 Å². The third kappa shape index (κ3) is 3.65. The van der Waals surface area contributed by atoms with Crippen LogP contribution >= 0.6 is 0 Å². The summed E-state index contributed by atoms with van der Waals surface area (Å²) < 4.78 is 19.2. The molecule has 1 saturated heterocycles. The first kappa shape index (κ1) is 18.2. The lowest BCUT2D eigenvalue weighted by Crippen LogP contribution is -2.54. The second-order valence-electron chi connectivity index (χ2n) is 6.43. The second-order valence-corrected chi connectivity index (χ2v) is 6.43. The van der Waals surface area contributed by atoms with Crippen LogP contribution in [0, 0.1) is 5.82 Å². The highest BCUT2D eigenvalue weighted by molar-refractivity contribution is 5.72. The molecule has 5 nitrogen and oxygen atoms in total. The molecular formula is C20H23FN2O3. The third-order valence-corrected chi connectivity index (χ3v) is 4.82. The van der Waals surface area contributed by atoms with Gasteiger partial charge in [0.15, 0.2) is 0 Å². The van der Waals surface area contributed by atoms with Gasteiger partial charge in [-0.3, -0.25) is 5.01 Å². The van der Waals surface area contributed by atoms with Crippen LogP contribution in [-0.2, 0) is 10.3 Å². The van der Waals surface area contributed by atoms with Crippen LogP contribution in [0.15, 0.2) is 54.6 Å². The van der Waals surface area contributed by atoms with E-state index in [4.69, 9.17) is 4.74 Å². The van der Waals surface area contributed by atoms with Crippen LogP contribution in [0.1, 0.15) is 24.8 Å². The van der Waals surface area contributed by atoms with Crippen molar-refractivity contribution in [2.75, 3.05) is 25.2 Å². The maximum Gasteiger partial charge on any atom is 0.429 e. The monoisotopic (exact) mass is 358 g/mol. The van der Waals surface area contributed by atoms with E-state index in [1.54, 1.807) is 22.2 Å². The summed E-state index contributed by atoms with van der Waals surface area (Å²) in [5.41, 5.74) is 0.790. The first-order valence-corrected chi connectivity index (χ1v) is 8.72. The molecule has 1 amide bonds. The van der Waals surface area contributed by atoms with Crippen molar-refractivity contribution < 1.29 is 19.0 Å². The van der Waals surface area contributed by atoms with Crippen molar-refractivity contribution in [1.82, 2.24) is 5.01 Å². The van der Waals surface area contributed by atoms with Crippen LogP contribution in [0.3, 0.4) is 0 Å². The van der Waals surface area contributed by atoms with Gasteiger partial charge in [0.2, 0.25) is 0 Å². The van der Waals surface area contributed by atoms with Crippen molar-refractivity contribution in [3.63, 3.8) is 0 Å². The van der Waals surface area contributed by atoms with E-state index in [0.717, 1.165) is 11.3 Å². The molecule has 2 aromatic rings. The van der Waals surface area contributed by atoms with Gasteiger partial charge in [-0.1, -0.05) is 30.3 Å². The number of aliphatic hydroxyl groups is 1. The van der Waals surface area contributed by atoms with Crippen LogP contribution in [0.25, 0.3) is 0 Å². The summed E-state index contributed by atoms with van der Waals surface area (Å²) in [6.45, 7) is 0.473. The Kier molecular flexibility index (Phi) is 5.42. The van der Waals surface area contributed by atoms with Crippen molar-refractivity contribution in [3.8, 4) is 0 Å². The standard InChI is InChI=1S/C20H23FN2O3/c1-22(18-6-3-2-4-7-18)23-14-13-20(12-5-15-24,26-19(23)25)16-8-10-17(21)11-9-16/h2-4,6-11,24H,5,12-15H2,1H3. The normalized spacial score (nSPS) is 20.0. The maximum absolute atomic E-state index is 13.3. The van der Waals surface area contributed by atoms with Crippen LogP contribution in [0.5, 0.6) is 0 Å². The largest absolute Gasteiger partial charge is 0.437 e. The molecule has 3 rings (SSSR count). The van der Waals surface area contributed by atoms with E-state index < -0.39 is 11.7 Å². The number of rotatable bonds is 6. The Labute approximate surface area is 152 Å². The van der Waals surface area contributed by atoms with Crippen LogP contribution in [0.4, 0.5) is 14.9 Å². The molecule has 6 heteroatoms. The second kappa shape index (κ2) is 7.74. The molecule has 138 valence electrons. The van der Waals surface area contributed by atoms with Crippen molar-refractivity contribution in [1.29, 1.82) is 0 Å². The Morgan fingerprint density at radius 3 is 2.50 bits per heavy atom. The lowest BCUT2D eigenvalue weighted by Gasteiger charge is -2.44. The Morgan fingerprint density at radius 1 is 1.19 bits per heavy atom. The number of anilines is 1. The molecule has 0 radical (unpaired) electrons. The molecule has 0 bridgehead atoms. The van der Waals surface area contributed by atoms with E-state index in [2.05, 4.69) is 0 Å².